The number of nitrogens with zero attached hydrogens (tertiary/aromatic N) is 3. The number of hydrogen-bond donors (Lipinski definition) is 2. The van der Waals surface area contributed by atoms with Gasteiger partial charge >= 0.3 is 6.18 Å². The number of H-pyrrole nitrogens is 1. The molecule has 2 heterocycles. The molecule has 0 fully saturated rings. The highest BCUT2D eigenvalue weighted by atomic mass is 19.4. The smallest absolute Gasteiger partial charge is 0.364 e. The van der Waals surface area contributed by atoms with E-state index < -0.39 is 17.6 Å². The van der Waals surface area contributed by atoms with E-state index in [-0.39, 0.29) is 5.69 Å². The van der Waals surface area contributed by atoms with Gasteiger partial charge in [-0.15, -0.1) is 0 Å². The second kappa shape index (κ2) is 5.20. The summed E-state index contributed by atoms with van der Waals surface area (Å²) in [6.45, 7) is 0. The van der Waals surface area contributed by atoms with Crippen LogP contribution < -0.4 is 5.73 Å². The third-order valence-corrected chi connectivity index (χ3v) is 4.25. The summed E-state index contributed by atoms with van der Waals surface area (Å²) in [5, 5.41) is 11.1. The Kier molecular flexibility index (Phi) is 3.21. The van der Waals surface area contributed by atoms with Crippen LogP contribution in [-0.4, -0.2) is 25.9 Å². The van der Waals surface area contributed by atoms with Crippen LogP contribution in [0.5, 0.6) is 0 Å². The molecule has 0 unspecified atom stereocenters. The number of benzene rings is 1. The molecule has 0 bridgehead atoms. The van der Waals surface area contributed by atoms with Gasteiger partial charge in [0.1, 0.15) is 0 Å². The van der Waals surface area contributed by atoms with Crippen LogP contribution in [0.1, 0.15) is 27.3 Å². The van der Waals surface area contributed by atoms with E-state index in [4.69, 9.17) is 5.73 Å². The van der Waals surface area contributed by atoms with Gasteiger partial charge in [0.15, 0.2) is 5.69 Å². The molecule has 0 aliphatic heterocycles. The highest BCUT2D eigenvalue weighted by molar-refractivity contribution is 5.95. The van der Waals surface area contributed by atoms with Crippen molar-refractivity contribution in [3.63, 3.8) is 0 Å². The number of alkyl halides is 3. The fraction of sp³-hybridized carbons (Fsp3) is 0.188. The van der Waals surface area contributed by atoms with E-state index in [1.54, 1.807) is 6.20 Å². The lowest BCUT2D eigenvalue weighted by Gasteiger charge is -2.15. The van der Waals surface area contributed by atoms with Crippen molar-refractivity contribution in [2.45, 2.75) is 19.0 Å². The zero-order valence-corrected chi connectivity index (χ0v) is 12.8. The summed E-state index contributed by atoms with van der Waals surface area (Å²) in [6, 6.07) is 4.59. The number of aryl methyl sites for hydroxylation is 1. The average Bonchev–Trinajstić information content (AvgIpc) is 3.18. The first-order chi connectivity index (χ1) is 11.9. The van der Waals surface area contributed by atoms with E-state index in [9.17, 15) is 18.0 Å². The highest BCUT2D eigenvalue weighted by Crippen LogP contribution is 2.36. The minimum atomic E-state index is -4.42. The molecule has 6 nitrogen and oxygen atoms in total. The fourth-order valence-electron chi connectivity index (χ4n) is 3.10. The van der Waals surface area contributed by atoms with Crippen molar-refractivity contribution in [3.05, 3.63) is 53.0 Å². The van der Waals surface area contributed by atoms with Gasteiger partial charge in [-0.25, -0.2) is 4.68 Å². The molecule has 3 N–H and O–H groups in total. The number of halogens is 3. The maximum atomic E-state index is 12.8. The lowest BCUT2D eigenvalue weighted by Crippen LogP contribution is -2.15. The van der Waals surface area contributed by atoms with Gasteiger partial charge in [0.2, 0.25) is 0 Å². The van der Waals surface area contributed by atoms with Crippen LogP contribution in [0, 0.1) is 0 Å². The number of aromatic nitrogens is 4. The van der Waals surface area contributed by atoms with Crippen molar-refractivity contribution >= 4 is 5.91 Å². The largest absolute Gasteiger partial charge is 0.416 e. The quantitative estimate of drug-likeness (QED) is 0.746. The second-order valence-corrected chi connectivity index (χ2v) is 5.76. The summed E-state index contributed by atoms with van der Waals surface area (Å²) in [6.07, 6.45) is -1.61. The molecule has 4 rings (SSSR count). The second-order valence-electron chi connectivity index (χ2n) is 5.76. The molecule has 25 heavy (non-hydrogen) atoms. The number of carbonyl (C=O) groups is 1. The number of aromatic amines is 1. The van der Waals surface area contributed by atoms with E-state index in [1.165, 1.54) is 16.8 Å². The highest BCUT2D eigenvalue weighted by Gasteiger charge is 2.31. The molecule has 1 aromatic carbocycles. The van der Waals surface area contributed by atoms with Crippen molar-refractivity contribution in [3.8, 4) is 16.9 Å². The maximum absolute atomic E-state index is 12.8. The standard InChI is InChI=1S/C16H12F3N5O/c17-16(18,19)8-1-3-9(4-2-8)24-14-10(13(23-24)15(20)25)5-6-12-11(14)7-21-22-12/h1-4,7H,5-6H2,(H2,20,25)(H,21,22). The van der Waals surface area contributed by atoms with Crippen LogP contribution in [0.3, 0.4) is 0 Å². The Balaban J connectivity index is 1.90. The van der Waals surface area contributed by atoms with Crippen LogP contribution in [0.4, 0.5) is 13.2 Å². The molecule has 0 saturated carbocycles. The van der Waals surface area contributed by atoms with Crippen LogP contribution in [0.25, 0.3) is 16.9 Å². The van der Waals surface area contributed by atoms with E-state index >= 15 is 0 Å². The molecule has 9 heteroatoms. The molecule has 0 radical (unpaired) electrons. The molecule has 0 spiro atoms. The Morgan fingerprint density at radius 3 is 2.56 bits per heavy atom. The van der Waals surface area contributed by atoms with Crippen LogP contribution >= 0.6 is 0 Å². The van der Waals surface area contributed by atoms with Crippen molar-refractivity contribution in [1.82, 2.24) is 20.0 Å². The summed E-state index contributed by atoms with van der Waals surface area (Å²) in [7, 11) is 0. The predicted octanol–water partition coefficient (Wildman–Crippen LogP) is 2.48. The number of fused-ring (bicyclic) bond motifs is 3. The molecule has 3 aromatic rings. The van der Waals surface area contributed by atoms with Crippen LogP contribution in [-0.2, 0) is 19.0 Å². The molecule has 1 amide bonds. The van der Waals surface area contributed by atoms with E-state index in [2.05, 4.69) is 15.3 Å². The van der Waals surface area contributed by atoms with Gasteiger partial charge in [-0.05, 0) is 37.1 Å². The maximum Gasteiger partial charge on any atom is 0.416 e. The van der Waals surface area contributed by atoms with Crippen molar-refractivity contribution in [1.29, 1.82) is 0 Å². The predicted molar refractivity (Wildman–Crippen MR) is 82.1 cm³/mol. The Bertz CT molecular complexity index is 969. The molecule has 0 atom stereocenters. The first-order valence-electron chi connectivity index (χ1n) is 7.48. The Hall–Kier alpha value is -3.10. The van der Waals surface area contributed by atoms with Gasteiger partial charge < -0.3 is 5.73 Å². The zero-order chi connectivity index (χ0) is 17.8. The third kappa shape index (κ3) is 2.39. The topological polar surface area (TPSA) is 89.6 Å². The van der Waals surface area contributed by atoms with Gasteiger partial charge in [-0.3, -0.25) is 9.89 Å². The van der Waals surface area contributed by atoms with E-state index in [0.717, 1.165) is 23.4 Å². The monoisotopic (exact) mass is 347 g/mol. The zero-order valence-electron chi connectivity index (χ0n) is 12.8. The molecule has 1 aliphatic carbocycles. The van der Waals surface area contributed by atoms with Gasteiger partial charge in [0.05, 0.1) is 23.1 Å². The lowest BCUT2D eigenvalue weighted by molar-refractivity contribution is -0.137. The van der Waals surface area contributed by atoms with Crippen molar-refractivity contribution in [2.24, 2.45) is 5.73 Å². The minimum absolute atomic E-state index is 0.127. The Morgan fingerprint density at radius 1 is 1.20 bits per heavy atom. The molecular weight excluding hydrogens is 335 g/mol. The molecular formula is C16H12F3N5O. The molecule has 2 aromatic heterocycles. The molecule has 1 aliphatic rings. The fourth-order valence-corrected chi connectivity index (χ4v) is 3.10. The van der Waals surface area contributed by atoms with Gasteiger partial charge in [0, 0.05) is 16.8 Å². The first-order valence-corrected chi connectivity index (χ1v) is 7.48. The number of nitrogens with two attached hydrogens (primary N) is 1. The van der Waals surface area contributed by atoms with E-state index in [1.807, 2.05) is 0 Å². The van der Waals surface area contributed by atoms with E-state index in [0.29, 0.717) is 29.8 Å². The van der Waals surface area contributed by atoms with Crippen molar-refractivity contribution in [2.75, 3.05) is 0 Å². The summed E-state index contributed by atoms with van der Waals surface area (Å²) in [4.78, 5) is 11.7. The van der Waals surface area contributed by atoms with Crippen LogP contribution in [0.15, 0.2) is 30.5 Å². The Labute approximate surface area is 139 Å². The first kappa shape index (κ1) is 15.4. The summed E-state index contributed by atoms with van der Waals surface area (Å²) < 4.78 is 39.7. The normalized spacial score (nSPS) is 13.4. The molecule has 0 saturated heterocycles. The van der Waals surface area contributed by atoms with Gasteiger partial charge in [0.25, 0.3) is 5.91 Å². The number of rotatable bonds is 2. The third-order valence-electron chi connectivity index (χ3n) is 4.25. The number of carbonyl (C=O) groups excluding carboxylic acids is 1. The minimum Gasteiger partial charge on any atom is -0.364 e. The Morgan fingerprint density at radius 2 is 1.92 bits per heavy atom. The number of amides is 1. The number of hydrogen-bond acceptors (Lipinski definition) is 3. The molecule has 128 valence electrons. The SMILES string of the molecule is NC(=O)c1nn(-c2ccc(C(F)(F)F)cc2)c2c1CCc1[nH]ncc1-2. The number of primary amides is 1. The summed E-state index contributed by atoms with van der Waals surface area (Å²) in [5.74, 6) is -0.672. The summed E-state index contributed by atoms with van der Waals surface area (Å²) >= 11 is 0. The van der Waals surface area contributed by atoms with Crippen molar-refractivity contribution < 1.29 is 18.0 Å². The van der Waals surface area contributed by atoms with Gasteiger partial charge in [-0.1, -0.05) is 0 Å². The van der Waals surface area contributed by atoms with Crippen LogP contribution in [0.2, 0.25) is 0 Å². The number of nitrogens with one attached hydrogen (secondary N) is 1. The lowest BCUT2D eigenvalue weighted by atomic mass is 9.93. The summed E-state index contributed by atoms with van der Waals surface area (Å²) in [5.41, 5.74) is 8.16. The van der Waals surface area contributed by atoms with Gasteiger partial charge in [-0.2, -0.15) is 23.4 Å². The average molecular weight is 347 g/mol.